The number of benzene rings is 1. The van der Waals surface area contributed by atoms with E-state index in [9.17, 15) is 0 Å². The highest BCUT2D eigenvalue weighted by atomic mass is 32.1. The average Bonchev–Trinajstić information content (AvgIpc) is 2.99. The lowest BCUT2D eigenvalue weighted by Gasteiger charge is -2.15. The molecule has 1 aromatic carbocycles. The molecule has 3 heteroatoms. The highest BCUT2D eigenvalue weighted by Crippen LogP contribution is 2.16. The summed E-state index contributed by atoms with van der Waals surface area (Å²) in [5.41, 5.74) is 2.62. The summed E-state index contributed by atoms with van der Waals surface area (Å²) in [5.74, 6) is 0.536. The molecule has 0 bridgehead atoms. The lowest BCUT2D eigenvalue weighted by atomic mass is 9.99. The molecular formula is C18H25NOS. The number of thiophene rings is 1. The van der Waals surface area contributed by atoms with E-state index in [1.54, 1.807) is 11.3 Å². The van der Waals surface area contributed by atoms with Crippen LogP contribution in [0.15, 0.2) is 41.8 Å². The summed E-state index contributed by atoms with van der Waals surface area (Å²) < 4.78 is 5.74. The summed E-state index contributed by atoms with van der Waals surface area (Å²) in [6.45, 7) is 9.02. The number of nitrogens with one attached hydrogen (secondary N) is 1. The van der Waals surface area contributed by atoms with E-state index in [2.05, 4.69) is 67.9 Å². The van der Waals surface area contributed by atoms with Gasteiger partial charge in [0.15, 0.2) is 0 Å². The van der Waals surface area contributed by atoms with Crippen LogP contribution in [0, 0.1) is 0 Å². The third kappa shape index (κ3) is 5.62. The van der Waals surface area contributed by atoms with Gasteiger partial charge in [-0.3, -0.25) is 0 Å². The van der Waals surface area contributed by atoms with Crippen LogP contribution >= 0.6 is 11.3 Å². The first-order valence-corrected chi connectivity index (χ1v) is 8.45. The molecule has 1 atom stereocenters. The molecule has 1 N–H and O–H groups in total. The van der Waals surface area contributed by atoms with Gasteiger partial charge in [0.05, 0.1) is 13.2 Å². The molecule has 0 radical (unpaired) electrons. The molecule has 2 aromatic rings. The van der Waals surface area contributed by atoms with Crippen molar-refractivity contribution < 1.29 is 4.74 Å². The average molecular weight is 303 g/mol. The molecule has 1 unspecified atom stereocenters. The summed E-state index contributed by atoms with van der Waals surface area (Å²) in [7, 11) is 0. The summed E-state index contributed by atoms with van der Waals surface area (Å²) >= 11 is 1.74. The minimum absolute atomic E-state index is 0.536. The Labute approximate surface area is 132 Å². The molecule has 2 nitrogen and oxygen atoms in total. The molecule has 1 heterocycles. The zero-order chi connectivity index (χ0) is 15.1. The fourth-order valence-electron chi connectivity index (χ4n) is 2.14. The van der Waals surface area contributed by atoms with E-state index >= 15 is 0 Å². The Morgan fingerprint density at radius 3 is 2.43 bits per heavy atom. The topological polar surface area (TPSA) is 21.3 Å². The largest absolute Gasteiger partial charge is 0.371 e. The van der Waals surface area contributed by atoms with Gasteiger partial charge in [-0.15, -0.1) is 11.3 Å². The van der Waals surface area contributed by atoms with Gasteiger partial charge in [-0.05, 0) is 28.5 Å². The minimum atomic E-state index is 0.536. The summed E-state index contributed by atoms with van der Waals surface area (Å²) in [4.78, 5) is 1.28. The minimum Gasteiger partial charge on any atom is -0.371 e. The Balaban J connectivity index is 1.78. The number of rotatable bonds is 8. The predicted molar refractivity (Wildman–Crippen MR) is 90.8 cm³/mol. The maximum atomic E-state index is 5.74. The van der Waals surface area contributed by atoms with Crippen LogP contribution in [0.5, 0.6) is 0 Å². The zero-order valence-electron chi connectivity index (χ0n) is 13.1. The van der Waals surface area contributed by atoms with Crippen LogP contribution in [0.3, 0.4) is 0 Å². The second-order valence-electron chi connectivity index (χ2n) is 5.78. The van der Waals surface area contributed by atoms with E-state index in [-0.39, 0.29) is 0 Å². The van der Waals surface area contributed by atoms with Gasteiger partial charge >= 0.3 is 0 Å². The molecule has 21 heavy (non-hydrogen) atoms. The Morgan fingerprint density at radius 1 is 1.05 bits per heavy atom. The van der Waals surface area contributed by atoms with Crippen LogP contribution < -0.4 is 5.32 Å². The molecule has 1 aromatic heterocycles. The predicted octanol–water partition coefficient (Wildman–Crippen LogP) is 4.57. The Morgan fingerprint density at radius 2 is 1.81 bits per heavy atom. The van der Waals surface area contributed by atoms with Crippen molar-refractivity contribution >= 4 is 11.3 Å². The van der Waals surface area contributed by atoms with E-state index in [0.717, 1.165) is 6.54 Å². The molecule has 0 aliphatic heterocycles. The fourth-order valence-corrected chi connectivity index (χ4v) is 2.78. The van der Waals surface area contributed by atoms with Gasteiger partial charge in [-0.25, -0.2) is 0 Å². The molecule has 0 aliphatic rings. The first-order valence-electron chi connectivity index (χ1n) is 7.57. The Bertz CT molecular complexity index is 505. The number of hydrogen-bond donors (Lipinski definition) is 1. The number of ether oxygens (including phenoxy) is 1. The highest BCUT2D eigenvalue weighted by molar-refractivity contribution is 7.09. The molecule has 0 amide bonds. The van der Waals surface area contributed by atoms with Crippen molar-refractivity contribution in [2.45, 2.75) is 45.9 Å². The second kappa shape index (κ2) is 8.32. The third-order valence-electron chi connectivity index (χ3n) is 3.47. The molecular weight excluding hydrogens is 278 g/mol. The van der Waals surface area contributed by atoms with Crippen molar-refractivity contribution in [1.29, 1.82) is 0 Å². The van der Waals surface area contributed by atoms with Crippen molar-refractivity contribution in [3.8, 4) is 0 Å². The Hall–Kier alpha value is -1.16. The van der Waals surface area contributed by atoms with Crippen LogP contribution in [0.1, 0.15) is 42.7 Å². The first kappa shape index (κ1) is 16.2. The van der Waals surface area contributed by atoms with Crippen LogP contribution in [0.4, 0.5) is 0 Å². The fraction of sp³-hybridized carbons (Fsp3) is 0.444. The molecule has 0 saturated heterocycles. The van der Waals surface area contributed by atoms with Gasteiger partial charge in [-0.1, -0.05) is 51.1 Å². The van der Waals surface area contributed by atoms with Crippen molar-refractivity contribution in [3.63, 3.8) is 0 Å². The van der Waals surface area contributed by atoms with Gasteiger partial charge in [-0.2, -0.15) is 0 Å². The smallest absolute Gasteiger partial charge is 0.0813 e. The maximum Gasteiger partial charge on any atom is 0.0813 e. The van der Waals surface area contributed by atoms with Crippen molar-refractivity contribution in [2.24, 2.45) is 0 Å². The van der Waals surface area contributed by atoms with E-state index in [4.69, 9.17) is 4.74 Å². The van der Waals surface area contributed by atoms with E-state index < -0.39 is 0 Å². The SMILES string of the molecule is CC(C)NCC(C)c1ccc(COCc2cccs2)cc1. The van der Waals surface area contributed by atoms with Crippen LogP contribution in [-0.4, -0.2) is 12.6 Å². The molecule has 0 saturated carbocycles. The lowest BCUT2D eigenvalue weighted by molar-refractivity contribution is 0.109. The Kier molecular flexibility index (Phi) is 6.43. The molecule has 114 valence electrons. The molecule has 0 spiro atoms. The summed E-state index contributed by atoms with van der Waals surface area (Å²) in [5, 5.41) is 5.57. The number of hydrogen-bond acceptors (Lipinski definition) is 3. The highest BCUT2D eigenvalue weighted by Gasteiger charge is 2.06. The van der Waals surface area contributed by atoms with E-state index in [0.29, 0.717) is 25.2 Å². The van der Waals surface area contributed by atoms with Crippen molar-refractivity contribution in [3.05, 3.63) is 57.8 Å². The standard InChI is InChI=1S/C18H25NOS/c1-14(2)19-11-15(3)17-8-6-16(7-9-17)12-20-13-18-5-4-10-21-18/h4-10,14-15,19H,11-13H2,1-3H3. The second-order valence-corrected chi connectivity index (χ2v) is 6.81. The van der Waals surface area contributed by atoms with Gasteiger partial charge < -0.3 is 10.1 Å². The van der Waals surface area contributed by atoms with Crippen molar-refractivity contribution in [2.75, 3.05) is 6.54 Å². The van der Waals surface area contributed by atoms with E-state index in [1.165, 1.54) is 16.0 Å². The lowest BCUT2D eigenvalue weighted by Crippen LogP contribution is -2.26. The van der Waals surface area contributed by atoms with Gasteiger partial charge in [0.2, 0.25) is 0 Å². The van der Waals surface area contributed by atoms with Crippen LogP contribution in [-0.2, 0) is 18.0 Å². The zero-order valence-corrected chi connectivity index (χ0v) is 14.0. The molecule has 0 fully saturated rings. The van der Waals surface area contributed by atoms with E-state index in [1.807, 2.05) is 0 Å². The van der Waals surface area contributed by atoms with Gasteiger partial charge in [0, 0.05) is 17.5 Å². The molecule has 2 rings (SSSR count). The van der Waals surface area contributed by atoms with Crippen LogP contribution in [0.25, 0.3) is 0 Å². The third-order valence-corrected chi connectivity index (χ3v) is 4.32. The van der Waals surface area contributed by atoms with Gasteiger partial charge in [0.1, 0.15) is 0 Å². The quantitative estimate of drug-likeness (QED) is 0.771. The first-order chi connectivity index (χ1) is 10.1. The van der Waals surface area contributed by atoms with Gasteiger partial charge in [0.25, 0.3) is 0 Å². The maximum absolute atomic E-state index is 5.74. The van der Waals surface area contributed by atoms with Crippen LogP contribution in [0.2, 0.25) is 0 Å². The molecule has 0 aliphatic carbocycles. The summed E-state index contributed by atoms with van der Waals surface area (Å²) in [6.07, 6.45) is 0. The summed E-state index contributed by atoms with van der Waals surface area (Å²) in [6, 6.07) is 13.5. The van der Waals surface area contributed by atoms with Crippen molar-refractivity contribution in [1.82, 2.24) is 5.32 Å². The monoisotopic (exact) mass is 303 g/mol. The normalized spacial score (nSPS) is 12.8.